The first-order valence-electron chi connectivity index (χ1n) is 21.8. The number of nitrogens with zero attached hydrogens (tertiary/aromatic N) is 6. The number of carbonyl (C=O) groups is 2. The average molecular weight is 834 g/mol. The number of amides is 2. The minimum Gasteiger partial charge on any atom is -0.507 e. The Bertz CT molecular complexity index is 2410. The molecule has 2 N–H and O–H groups in total. The summed E-state index contributed by atoms with van der Waals surface area (Å²) in [6, 6.07) is 22.3. The predicted molar refractivity (Wildman–Crippen MR) is 247 cm³/mol. The Morgan fingerprint density at radius 1 is 0.968 bits per heavy atom. The van der Waals surface area contributed by atoms with Crippen molar-refractivity contribution in [2.75, 3.05) is 43.4 Å². The van der Waals surface area contributed by atoms with Crippen molar-refractivity contribution in [1.29, 1.82) is 0 Å². The average Bonchev–Trinajstić information content (AvgIpc) is 3.26. The summed E-state index contributed by atoms with van der Waals surface area (Å²) >= 11 is 0. The number of aryl methyl sites for hydroxylation is 2. The highest BCUT2D eigenvalue weighted by Gasteiger charge is 2.33. The van der Waals surface area contributed by atoms with Crippen LogP contribution in [0.15, 0.2) is 115 Å². The Balaban J connectivity index is 1.25. The lowest BCUT2D eigenvalue weighted by atomic mass is 9.73. The van der Waals surface area contributed by atoms with Gasteiger partial charge in [-0.25, -0.2) is 19.7 Å². The largest absolute Gasteiger partial charge is 0.507 e. The van der Waals surface area contributed by atoms with E-state index in [1.807, 2.05) is 68.4 Å². The number of hydrogen-bond acceptors (Lipinski definition) is 9. The van der Waals surface area contributed by atoms with E-state index in [2.05, 4.69) is 58.6 Å². The van der Waals surface area contributed by atoms with Crippen molar-refractivity contribution in [2.24, 2.45) is 5.92 Å². The van der Waals surface area contributed by atoms with Gasteiger partial charge < -0.3 is 20.1 Å². The number of aromatic nitrogens is 3. The SMILES string of the molecule is C=C(C)C1CCC(C)=CC1c1c(O)cc(CCCCC)cc1OC(=O)N(c1nccc(-c2cccnc2)n1)c1cc(NC(=O)c2ccc(CN3CCN(C)CC3)cc2)ccc1C. The number of unbranched alkanes of at least 4 members (excludes halogenated alkanes) is 2. The second-order valence-corrected chi connectivity index (χ2v) is 16.9. The third-order valence-electron chi connectivity index (χ3n) is 12.1. The van der Waals surface area contributed by atoms with Crippen LogP contribution in [-0.4, -0.2) is 75.1 Å². The maximum absolute atomic E-state index is 15.1. The van der Waals surface area contributed by atoms with Crippen molar-refractivity contribution in [1.82, 2.24) is 24.8 Å². The molecule has 2 atom stereocenters. The van der Waals surface area contributed by atoms with E-state index in [-0.39, 0.29) is 35.2 Å². The van der Waals surface area contributed by atoms with Crippen LogP contribution in [0.25, 0.3) is 11.3 Å². The standard InChI is InChI=1S/C51H59N7O4/c1-7-8-9-11-38-29-46(59)48(43-28-35(4)13-20-42(43)34(2)3)47(30-38)62-51(61)58(50-53-23-21-44(55-50)40-12-10-22-52-32-40)45-31-41(19-14-36(45)5)54-49(60)39-17-15-37(16-18-39)33-57-26-24-56(6)25-27-57/h10,12,14-19,21-23,28-32,42-43,59H,2,7-9,11,13,20,24-27,33H2,1,3-6H3,(H,54,60). The molecule has 1 saturated heterocycles. The van der Waals surface area contributed by atoms with Crippen LogP contribution in [0.3, 0.4) is 0 Å². The summed E-state index contributed by atoms with van der Waals surface area (Å²) in [4.78, 5) is 48.6. The number of allylic oxidation sites excluding steroid dienone is 3. The number of phenols is 1. The molecular weight excluding hydrogens is 775 g/mol. The van der Waals surface area contributed by atoms with Gasteiger partial charge in [0, 0.05) is 79.6 Å². The minimum atomic E-state index is -0.773. The molecule has 3 heterocycles. The van der Waals surface area contributed by atoms with Crippen LogP contribution in [0.4, 0.5) is 22.1 Å². The molecule has 0 radical (unpaired) electrons. The van der Waals surface area contributed by atoms with Crippen molar-refractivity contribution >= 4 is 29.3 Å². The van der Waals surface area contributed by atoms with Crippen molar-refractivity contribution < 1.29 is 19.4 Å². The van der Waals surface area contributed by atoms with Gasteiger partial charge >= 0.3 is 6.09 Å². The molecule has 1 fully saturated rings. The zero-order valence-corrected chi connectivity index (χ0v) is 36.7. The number of rotatable bonds is 14. The number of benzene rings is 3. The topological polar surface area (TPSA) is 124 Å². The van der Waals surface area contributed by atoms with Gasteiger partial charge in [-0.15, -0.1) is 0 Å². The first-order valence-corrected chi connectivity index (χ1v) is 21.8. The van der Waals surface area contributed by atoms with Crippen LogP contribution >= 0.6 is 0 Å². The second kappa shape index (κ2) is 20.1. The lowest BCUT2D eigenvalue weighted by Crippen LogP contribution is -2.43. The van der Waals surface area contributed by atoms with Crippen LogP contribution in [0.5, 0.6) is 11.5 Å². The third-order valence-corrected chi connectivity index (χ3v) is 12.1. The highest BCUT2D eigenvalue weighted by atomic mass is 16.6. The lowest BCUT2D eigenvalue weighted by Gasteiger charge is -2.32. The number of nitrogens with one attached hydrogen (secondary N) is 1. The summed E-state index contributed by atoms with van der Waals surface area (Å²) in [5, 5.41) is 14.9. The van der Waals surface area contributed by atoms with E-state index in [1.54, 1.807) is 36.8 Å². The number of anilines is 3. The highest BCUT2D eigenvalue weighted by Crippen LogP contribution is 2.47. The molecule has 0 bridgehead atoms. The molecule has 322 valence electrons. The van der Waals surface area contributed by atoms with Gasteiger partial charge in [0.25, 0.3) is 5.91 Å². The van der Waals surface area contributed by atoms with Crippen LogP contribution in [0.2, 0.25) is 0 Å². The minimum absolute atomic E-state index is 0.0410. The number of ether oxygens (including phenoxy) is 1. The normalized spacial score (nSPS) is 17.0. The molecule has 0 saturated carbocycles. The predicted octanol–water partition coefficient (Wildman–Crippen LogP) is 10.6. The number of hydrogen-bond donors (Lipinski definition) is 2. The van der Waals surface area contributed by atoms with E-state index in [9.17, 15) is 9.90 Å². The molecule has 62 heavy (non-hydrogen) atoms. The van der Waals surface area contributed by atoms with Gasteiger partial charge in [-0.05, 0) is 131 Å². The van der Waals surface area contributed by atoms with Crippen molar-refractivity contribution in [3.8, 4) is 22.8 Å². The van der Waals surface area contributed by atoms with E-state index in [4.69, 9.17) is 9.72 Å². The molecule has 1 aliphatic carbocycles. The van der Waals surface area contributed by atoms with Gasteiger partial charge in [0.05, 0.1) is 11.4 Å². The smallest absolute Gasteiger partial charge is 0.426 e. The van der Waals surface area contributed by atoms with Gasteiger partial charge in [-0.1, -0.05) is 61.8 Å². The zero-order chi connectivity index (χ0) is 43.8. The van der Waals surface area contributed by atoms with Gasteiger partial charge in [0.2, 0.25) is 5.95 Å². The molecule has 3 aromatic carbocycles. The maximum Gasteiger partial charge on any atom is 0.426 e. The molecule has 2 unspecified atom stereocenters. The van der Waals surface area contributed by atoms with E-state index < -0.39 is 6.09 Å². The fraction of sp³-hybridized carbons (Fsp3) is 0.353. The van der Waals surface area contributed by atoms with Crippen molar-refractivity contribution in [3.63, 3.8) is 0 Å². The number of phenolic OH excluding ortho intramolecular Hbond substituents is 1. The summed E-state index contributed by atoms with van der Waals surface area (Å²) in [5.74, 6) is -0.0727. The lowest BCUT2D eigenvalue weighted by molar-refractivity contribution is 0.102. The fourth-order valence-electron chi connectivity index (χ4n) is 8.43. The molecule has 1 aliphatic heterocycles. The third kappa shape index (κ3) is 10.6. The number of carbonyl (C=O) groups excluding carboxylic acids is 2. The van der Waals surface area contributed by atoms with E-state index in [0.29, 0.717) is 33.8 Å². The summed E-state index contributed by atoms with van der Waals surface area (Å²) in [6.07, 6.45) is 11.9. The molecule has 7 rings (SSSR count). The number of piperazine rings is 1. The summed E-state index contributed by atoms with van der Waals surface area (Å²) in [5.41, 5.74) is 8.20. The van der Waals surface area contributed by atoms with Gasteiger partial charge in [-0.2, -0.15) is 0 Å². The van der Waals surface area contributed by atoms with Crippen molar-refractivity contribution in [2.45, 2.75) is 78.7 Å². The maximum atomic E-state index is 15.1. The van der Waals surface area contributed by atoms with E-state index in [0.717, 1.165) is 93.5 Å². The Morgan fingerprint density at radius 2 is 1.76 bits per heavy atom. The van der Waals surface area contributed by atoms with Gasteiger partial charge in [0.1, 0.15) is 11.5 Å². The zero-order valence-electron chi connectivity index (χ0n) is 36.7. The molecule has 0 spiro atoms. The number of pyridine rings is 1. The molecule has 2 aliphatic rings. The van der Waals surface area contributed by atoms with Crippen LogP contribution < -0.4 is 15.0 Å². The Labute approximate surface area is 366 Å². The molecular formula is C51H59N7O4. The van der Waals surface area contributed by atoms with Gasteiger partial charge in [0.15, 0.2) is 0 Å². The molecule has 11 heteroatoms. The van der Waals surface area contributed by atoms with Crippen LogP contribution in [0.1, 0.15) is 91.4 Å². The Hall–Kier alpha value is -6.17. The Kier molecular flexibility index (Phi) is 14.3. The summed E-state index contributed by atoms with van der Waals surface area (Å²) < 4.78 is 6.51. The van der Waals surface area contributed by atoms with Crippen molar-refractivity contribution in [3.05, 3.63) is 143 Å². The van der Waals surface area contributed by atoms with Crippen LogP contribution in [0, 0.1) is 12.8 Å². The molecule has 5 aromatic rings. The second-order valence-electron chi connectivity index (χ2n) is 16.9. The van der Waals surface area contributed by atoms with Gasteiger partial charge in [-0.3, -0.25) is 14.7 Å². The van der Waals surface area contributed by atoms with E-state index in [1.165, 1.54) is 10.5 Å². The summed E-state index contributed by atoms with van der Waals surface area (Å²) in [6.45, 7) is 17.4. The number of aromatic hydroxyl groups is 1. The van der Waals surface area contributed by atoms with Crippen LogP contribution in [-0.2, 0) is 13.0 Å². The summed E-state index contributed by atoms with van der Waals surface area (Å²) in [7, 11) is 2.15. The first kappa shape index (κ1) is 43.9. The molecule has 11 nitrogen and oxygen atoms in total. The molecule has 2 amide bonds. The first-order chi connectivity index (χ1) is 30.0. The monoisotopic (exact) mass is 833 g/mol. The fourth-order valence-corrected chi connectivity index (χ4v) is 8.43. The van der Waals surface area contributed by atoms with E-state index >= 15 is 4.79 Å². The molecule has 2 aromatic heterocycles. The quantitative estimate of drug-likeness (QED) is 0.0831. The number of likely N-dealkylation sites (N-methyl/N-ethyl adjacent to an activating group) is 1. The highest BCUT2D eigenvalue weighted by molar-refractivity contribution is 6.05. The Morgan fingerprint density at radius 3 is 2.48 bits per heavy atom.